The monoisotopic (exact) mass is 385 g/mol. The van der Waals surface area contributed by atoms with E-state index in [9.17, 15) is 13.5 Å². The molecule has 2 aromatic rings. The largest absolute Gasteiger partial charge is 0.504 e. The molecule has 1 aliphatic rings. The maximum absolute atomic E-state index is 12.9. The van der Waals surface area contributed by atoms with Gasteiger partial charge in [0.15, 0.2) is 11.5 Å². The molecule has 8 heteroatoms. The summed E-state index contributed by atoms with van der Waals surface area (Å²) in [5, 5.41) is 9.86. The van der Waals surface area contributed by atoms with Crippen molar-refractivity contribution in [1.29, 1.82) is 0 Å². The highest BCUT2D eigenvalue weighted by molar-refractivity contribution is 8.01. The number of sulfonamides is 1. The molecule has 0 spiro atoms. The fraction of sp³-hybridized carbons (Fsp3) is 0.250. The van der Waals surface area contributed by atoms with Gasteiger partial charge in [0.1, 0.15) is 0 Å². The Morgan fingerprint density at radius 2 is 1.96 bits per heavy atom. The van der Waals surface area contributed by atoms with Gasteiger partial charge in [-0.1, -0.05) is 17.7 Å². The first-order chi connectivity index (χ1) is 11.4. The van der Waals surface area contributed by atoms with Crippen molar-refractivity contribution in [3.05, 3.63) is 53.1 Å². The second kappa shape index (κ2) is 6.84. The molecule has 0 bridgehead atoms. The Hall–Kier alpha value is -1.41. The predicted octanol–water partition coefficient (Wildman–Crippen LogP) is 3.49. The third kappa shape index (κ3) is 3.21. The summed E-state index contributed by atoms with van der Waals surface area (Å²) in [6.07, 6.45) is 0. The number of phenolic OH excluding ortho intramolecular Hbond substituents is 1. The molecule has 2 aromatic carbocycles. The number of halogens is 1. The molecule has 0 aliphatic carbocycles. The van der Waals surface area contributed by atoms with E-state index in [1.807, 2.05) is 0 Å². The van der Waals surface area contributed by atoms with Crippen molar-refractivity contribution in [2.24, 2.45) is 0 Å². The summed E-state index contributed by atoms with van der Waals surface area (Å²) in [4.78, 5) is 0.213. The fourth-order valence-corrected chi connectivity index (χ4v) is 5.91. The maximum Gasteiger partial charge on any atom is 0.244 e. The molecule has 1 unspecified atom stereocenters. The van der Waals surface area contributed by atoms with Crippen molar-refractivity contribution in [1.82, 2.24) is 4.31 Å². The standard InChI is InChI=1S/C16H16ClNO4S2/c1-22-15-10-11(2-7-14(15)19)16-18(8-9-23-16)24(20,21)13-5-3-12(17)4-6-13/h2-7,10,16,19H,8-9H2,1H3. The van der Waals surface area contributed by atoms with Gasteiger partial charge >= 0.3 is 0 Å². The van der Waals surface area contributed by atoms with Crippen molar-refractivity contribution in [2.75, 3.05) is 19.4 Å². The normalized spacial score (nSPS) is 18.7. The molecule has 1 heterocycles. The van der Waals surface area contributed by atoms with Crippen LogP contribution in [0.5, 0.6) is 11.5 Å². The van der Waals surface area contributed by atoms with Gasteiger partial charge in [-0.3, -0.25) is 0 Å². The van der Waals surface area contributed by atoms with Crippen LogP contribution in [-0.4, -0.2) is 37.2 Å². The lowest BCUT2D eigenvalue weighted by molar-refractivity contribution is 0.371. The molecule has 0 amide bonds. The topological polar surface area (TPSA) is 66.8 Å². The Bertz CT molecular complexity index is 840. The van der Waals surface area contributed by atoms with Gasteiger partial charge in [0.05, 0.1) is 17.4 Å². The molecule has 0 saturated carbocycles. The van der Waals surface area contributed by atoms with E-state index in [-0.39, 0.29) is 16.0 Å². The van der Waals surface area contributed by atoms with Crippen molar-refractivity contribution in [3.8, 4) is 11.5 Å². The van der Waals surface area contributed by atoms with E-state index in [2.05, 4.69) is 0 Å². The summed E-state index contributed by atoms with van der Waals surface area (Å²) in [6.45, 7) is 0.420. The van der Waals surface area contributed by atoms with Crippen molar-refractivity contribution >= 4 is 33.4 Å². The molecule has 128 valence electrons. The third-order valence-corrected chi connectivity index (χ3v) is 7.28. The SMILES string of the molecule is COc1cc(C2SCCN2S(=O)(=O)c2ccc(Cl)cc2)ccc1O. The zero-order chi connectivity index (χ0) is 17.3. The highest BCUT2D eigenvalue weighted by Crippen LogP contribution is 2.43. The number of ether oxygens (including phenoxy) is 1. The van der Waals surface area contributed by atoms with E-state index >= 15 is 0 Å². The van der Waals surface area contributed by atoms with Crippen LogP contribution in [0.4, 0.5) is 0 Å². The van der Waals surface area contributed by atoms with Crippen LogP contribution in [0.1, 0.15) is 10.9 Å². The summed E-state index contributed by atoms with van der Waals surface area (Å²) in [5.41, 5.74) is 0.768. The highest BCUT2D eigenvalue weighted by atomic mass is 35.5. The van der Waals surface area contributed by atoms with Crippen LogP contribution in [0.2, 0.25) is 5.02 Å². The molecule has 1 saturated heterocycles. The van der Waals surface area contributed by atoms with Crippen LogP contribution >= 0.6 is 23.4 Å². The van der Waals surface area contributed by atoms with Gasteiger partial charge in [-0.25, -0.2) is 8.42 Å². The Morgan fingerprint density at radius 1 is 1.25 bits per heavy atom. The molecular weight excluding hydrogens is 370 g/mol. The molecule has 1 aliphatic heterocycles. The summed E-state index contributed by atoms with van der Waals surface area (Å²) < 4.78 is 32.5. The summed E-state index contributed by atoms with van der Waals surface area (Å²) >= 11 is 7.38. The minimum Gasteiger partial charge on any atom is -0.504 e. The zero-order valence-corrected chi connectivity index (χ0v) is 15.2. The minimum absolute atomic E-state index is 0.0244. The van der Waals surface area contributed by atoms with Gasteiger partial charge in [0, 0.05) is 17.3 Å². The van der Waals surface area contributed by atoms with Crippen molar-refractivity contribution in [2.45, 2.75) is 10.3 Å². The smallest absolute Gasteiger partial charge is 0.244 e. The van der Waals surface area contributed by atoms with Crippen LogP contribution in [0, 0.1) is 0 Å². The number of methoxy groups -OCH3 is 1. The van der Waals surface area contributed by atoms with Crippen LogP contribution in [0.25, 0.3) is 0 Å². The highest BCUT2D eigenvalue weighted by Gasteiger charge is 2.37. The van der Waals surface area contributed by atoms with Crippen LogP contribution < -0.4 is 4.74 Å². The van der Waals surface area contributed by atoms with Gasteiger partial charge in [-0.05, 0) is 42.0 Å². The number of aromatic hydroxyl groups is 1. The Balaban J connectivity index is 1.97. The van der Waals surface area contributed by atoms with E-state index in [0.29, 0.717) is 23.1 Å². The van der Waals surface area contributed by atoms with Gasteiger partial charge in [0.2, 0.25) is 10.0 Å². The number of hydrogen-bond acceptors (Lipinski definition) is 5. The first-order valence-corrected chi connectivity index (χ1v) is 10.1. The average Bonchev–Trinajstić information content (AvgIpc) is 3.06. The lowest BCUT2D eigenvalue weighted by Crippen LogP contribution is -2.30. The average molecular weight is 386 g/mol. The van der Waals surface area contributed by atoms with Crippen LogP contribution in [0.15, 0.2) is 47.4 Å². The van der Waals surface area contributed by atoms with Gasteiger partial charge in [-0.2, -0.15) is 4.31 Å². The van der Waals surface area contributed by atoms with E-state index in [1.165, 1.54) is 41.4 Å². The Kier molecular flexibility index (Phi) is 4.96. The molecule has 1 N–H and O–H groups in total. The second-order valence-corrected chi connectivity index (χ2v) is 8.74. The lowest BCUT2D eigenvalue weighted by atomic mass is 10.2. The Labute approximate surface area is 150 Å². The van der Waals surface area contributed by atoms with Crippen molar-refractivity contribution in [3.63, 3.8) is 0 Å². The van der Waals surface area contributed by atoms with Gasteiger partial charge in [-0.15, -0.1) is 11.8 Å². The number of phenols is 1. The van der Waals surface area contributed by atoms with Crippen molar-refractivity contribution < 1.29 is 18.3 Å². The molecule has 24 heavy (non-hydrogen) atoms. The third-order valence-electron chi connectivity index (χ3n) is 3.76. The van der Waals surface area contributed by atoms with Crippen LogP contribution in [0.3, 0.4) is 0 Å². The van der Waals surface area contributed by atoms with Gasteiger partial charge in [0.25, 0.3) is 0 Å². The molecule has 1 atom stereocenters. The molecule has 5 nitrogen and oxygen atoms in total. The molecule has 1 fully saturated rings. The van der Waals surface area contributed by atoms with E-state index in [0.717, 1.165) is 5.56 Å². The molecule has 0 aromatic heterocycles. The quantitative estimate of drug-likeness (QED) is 0.872. The number of rotatable bonds is 4. The lowest BCUT2D eigenvalue weighted by Gasteiger charge is -2.24. The fourth-order valence-electron chi connectivity index (χ4n) is 2.55. The van der Waals surface area contributed by atoms with E-state index in [4.69, 9.17) is 16.3 Å². The number of benzene rings is 2. The maximum atomic E-state index is 12.9. The first kappa shape index (κ1) is 17.4. The second-order valence-electron chi connectivity index (χ2n) is 5.22. The number of thioether (sulfide) groups is 1. The van der Waals surface area contributed by atoms with Gasteiger partial charge < -0.3 is 9.84 Å². The molecule has 0 radical (unpaired) electrons. The van der Waals surface area contributed by atoms with E-state index in [1.54, 1.807) is 24.3 Å². The summed E-state index contributed by atoms with van der Waals surface area (Å²) in [6, 6.07) is 11.0. The summed E-state index contributed by atoms with van der Waals surface area (Å²) in [5.74, 6) is 1.04. The number of hydrogen-bond donors (Lipinski definition) is 1. The van der Waals surface area contributed by atoms with E-state index < -0.39 is 10.0 Å². The number of nitrogens with zero attached hydrogens (tertiary/aromatic N) is 1. The molecule has 3 rings (SSSR count). The minimum atomic E-state index is -3.63. The predicted molar refractivity (Wildman–Crippen MR) is 95.2 cm³/mol. The summed E-state index contributed by atoms with van der Waals surface area (Å²) in [7, 11) is -2.17. The zero-order valence-electron chi connectivity index (χ0n) is 12.8. The first-order valence-electron chi connectivity index (χ1n) is 7.19. The Morgan fingerprint density at radius 3 is 2.62 bits per heavy atom. The van der Waals surface area contributed by atoms with Crippen LogP contribution in [-0.2, 0) is 10.0 Å². The molecular formula is C16H16ClNO4S2.